The van der Waals surface area contributed by atoms with Gasteiger partial charge in [0.05, 0.1) is 10.8 Å². The van der Waals surface area contributed by atoms with Crippen LogP contribution in [-0.2, 0) is 0 Å². The maximum absolute atomic E-state index is 12.7. The minimum absolute atomic E-state index is 0.0740. The van der Waals surface area contributed by atoms with Crippen molar-refractivity contribution in [1.29, 1.82) is 0 Å². The van der Waals surface area contributed by atoms with Crippen molar-refractivity contribution >= 4 is 23.1 Å². The van der Waals surface area contributed by atoms with Gasteiger partial charge < -0.3 is 14.6 Å². The minimum Gasteiger partial charge on any atom is -0.420 e. The van der Waals surface area contributed by atoms with Crippen LogP contribution < -0.4 is 5.32 Å². The largest absolute Gasteiger partial charge is 0.420 e. The number of urea groups is 1. The van der Waals surface area contributed by atoms with Crippen LogP contribution in [0.15, 0.2) is 40.1 Å². The minimum atomic E-state index is -0.0808. The first-order valence-electron chi connectivity index (χ1n) is 9.10. The van der Waals surface area contributed by atoms with Crippen LogP contribution >= 0.6 is 11.3 Å². The van der Waals surface area contributed by atoms with E-state index in [2.05, 4.69) is 21.6 Å². The van der Waals surface area contributed by atoms with Crippen molar-refractivity contribution in [3.05, 3.63) is 52.7 Å². The summed E-state index contributed by atoms with van der Waals surface area (Å²) < 4.78 is 5.88. The SMILES string of the molecule is Cc1cc(C)cc(NC(=O)N2CCCC(c3nnc(-c4cccs4)o3)C2)c1. The molecule has 0 radical (unpaired) electrons. The summed E-state index contributed by atoms with van der Waals surface area (Å²) in [6, 6.07) is 9.90. The van der Waals surface area contributed by atoms with Crippen molar-refractivity contribution < 1.29 is 9.21 Å². The molecule has 0 spiro atoms. The lowest BCUT2D eigenvalue weighted by molar-refractivity contribution is 0.187. The number of anilines is 1. The number of nitrogens with zero attached hydrogens (tertiary/aromatic N) is 3. The summed E-state index contributed by atoms with van der Waals surface area (Å²) in [5.74, 6) is 1.24. The monoisotopic (exact) mass is 382 g/mol. The van der Waals surface area contributed by atoms with Gasteiger partial charge in [-0.05, 0) is 61.4 Å². The van der Waals surface area contributed by atoms with Crippen LogP contribution in [0.4, 0.5) is 10.5 Å². The third-order valence-corrected chi connectivity index (χ3v) is 5.56. The van der Waals surface area contributed by atoms with Crippen LogP contribution in [0, 0.1) is 13.8 Å². The molecule has 4 rings (SSSR count). The molecule has 1 aromatic carbocycles. The molecule has 1 unspecified atom stereocenters. The van der Waals surface area contributed by atoms with Crippen LogP contribution in [0.1, 0.15) is 35.8 Å². The van der Waals surface area contributed by atoms with Crippen molar-refractivity contribution in [3.63, 3.8) is 0 Å². The summed E-state index contributed by atoms with van der Waals surface area (Å²) in [6.07, 6.45) is 1.86. The second kappa shape index (κ2) is 7.52. The molecule has 2 aromatic heterocycles. The van der Waals surface area contributed by atoms with Crippen molar-refractivity contribution in [3.8, 4) is 10.8 Å². The van der Waals surface area contributed by atoms with Crippen molar-refractivity contribution in [2.24, 2.45) is 0 Å². The molecule has 3 heterocycles. The molecule has 0 saturated carbocycles. The molecule has 0 aliphatic carbocycles. The number of hydrogen-bond acceptors (Lipinski definition) is 5. The molecule has 1 N–H and O–H groups in total. The first-order chi connectivity index (χ1) is 13.1. The number of carbonyl (C=O) groups is 1. The summed E-state index contributed by atoms with van der Waals surface area (Å²) in [5, 5.41) is 13.4. The number of amides is 2. The third kappa shape index (κ3) is 4.03. The second-order valence-corrected chi connectivity index (χ2v) is 7.96. The predicted molar refractivity (Wildman–Crippen MR) is 106 cm³/mol. The van der Waals surface area contributed by atoms with Crippen molar-refractivity contribution in [2.45, 2.75) is 32.6 Å². The van der Waals surface area contributed by atoms with E-state index in [-0.39, 0.29) is 11.9 Å². The van der Waals surface area contributed by atoms with Gasteiger partial charge in [0.1, 0.15) is 0 Å². The zero-order valence-corrected chi connectivity index (χ0v) is 16.3. The smallest absolute Gasteiger partial charge is 0.321 e. The number of aryl methyl sites for hydroxylation is 2. The molecule has 1 aliphatic heterocycles. The van der Waals surface area contributed by atoms with E-state index in [0.29, 0.717) is 18.3 Å². The summed E-state index contributed by atoms with van der Waals surface area (Å²) >= 11 is 1.57. The van der Waals surface area contributed by atoms with Crippen LogP contribution in [-0.4, -0.2) is 34.2 Å². The number of rotatable bonds is 3. The Morgan fingerprint density at radius 2 is 2.07 bits per heavy atom. The van der Waals surface area contributed by atoms with Gasteiger partial charge in [-0.2, -0.15) is 0 Å². The molecule has 140 valence electrons. The molecule has 7 heteroatoms. The molecule has 27 heavy (non-hydrogen) atoms. The standard InChI is InChI=1S/C20H22N4O2S/c1-13-9-14(2)11-16(10-13)21-20(25)24-7-3-5-15(12-24)18-22-23-19(26-18)17-6-4-8-27-17/h4,6,8-11,15H,3,5,7,12H2,1-2H3,(H,21,25). The average molecular weight is 382 g/mol. The van der Waals surface area contributed by atoms with Crippen LogP contribution in [0.25, 0.3) is 10.8 Å². The van der Waals surface area contributed by atoms with Gasteiger partial charge in [-0.25, -0.2) is 4.79 Å². The lowest BCUT2D eigenvalue weighted by Gasteiger charge is -2.31. The maximum Gasteiger partial charge on any atom is 0.321 e. The highest BCUT2D eigenvalue weighted by Crippen LogP contribution is 2.30. The Hall–Kier alpha value is -2.67. The highest BCUT2D eigenvalue weighted by molar-refractivity contribution is 7.13. The van der Waals surface area contributed by atoms with E-state index in [1.165, 1.54) is 0 Å². The fraction of sp³-hybridized carbons (Fsp3) is 0.350. The predicted octanol–water partition coefficient (Wildman–Crippen LogP) is 4.83. The highest BCUT2D eigenvalue weighted by atomic mass is 32.1. The Morgan fingerprint density at radius 1 is 1.26 bits per heavy atom. The molecule has 1 saturated heterocycles. The van der Waals surface area contributed by atoms with Gasteiger partial charge in [0.25, 0.3) is 5.89 Å². The summed E-state index contributed by atoms with van der Waals surface area (Å²) in [6.45, 7) is 5.38. The summed E-state index contributed by atoms with van der Waals surface area (Å²) in [5.41, 5.74) is 3.10. The normalized spacial score (nSPS) is 17.1. The zero-order valence-electron chi connectivity index (χ0n) is 15.4. The Kier molecular flexibility index (Phi) is 4.94. The number of nitrogens with one attached hydrogen (secondary N) is 1. The average Bonchev–Trinajstić information content (AvgIpc) is 3.32. The van der Waals surface area contributed by atoms with Gasteiger partial charge in [-0.1, -0.05) is 12.1 Å². The van der Waals surface area contributed by atoms with Crippen molar-refractivity contribution in [2.75, 3.05) is 18.4 Å². The van der Waals surface area contributed by atoms with Crippen molar-refractivity contribution in [1.82, 2.24) is 15.1 Å². The summed E-state index contributed by atoms with van der Waals surface area (Å²) in [7, 11) is 0. The van der Waals surface area contributed by atoms with Gasteiger partial charge in [0, 0.05) is 18.8 Å². The fourth-order valence-corrected chi connectivity index (χ4v) is 4.16. The van der Waals surface area contributed by atoms with E-state index in [1.807, 2.05) is 48.4 Å². The Morgan fingerprint density at radius 3 is 2.81 bits per heavy atom. The van der Waals surface area contributed by atoms with Crippen LogP contribution in [0.2, 0.25) is 0 Å². The molecular formula is C20H22N4O2S. The van der Waals surface area contributed by atoms with E-state index in [4.69, 9.17) is 4.42 Å². The lowest BCUT2D eigenvalue weighted by atomic mass is 9.98. The van der Waals surface area contributed by atoms with Crippen LogP contribution in [0.3, 0.4) is 0 Å². The molecule has 1 atom stereocenters. The zero-order chi connectivity index (χ0) is 18.8. The van der Waals surface area contributed by atoms with E-state index < -0.39 is 0 Å². The highest BCUT2D eigenvalue weighted by Gasteiger charge is 2.28. The lowest BCUT2D eigenvalue weighted by Crippen LogP contribution is -2.41. The van der Waals surface area contributed by atoms with Gasteiger partial charge in [0.2, 0.25) is 5.89 Å². The number of piperidine rings is 1. The fourth-order valence-electron chi connectivity index (χ4n) is 3.51. The molecule has 1 aliphatic rings. The summed E-state index contributed by atoms with van der Waals surface area (Å²) in [4.78, 5) is 15.5. The maximum atomic E-state index is 12.7. The van der Waals surface area contributed by atoms with Gasteiger partial charge in [-0.3, -0.25) is 0 Å². The Balaban J connectivity index is 1.44. The van der Waals surface area contributed by atoms with E-state index >= 15 is 0 Å². The number of thiophene rings is 1. The Bertz CT molecular complexity index is 915. The molecule has 2 amide bonds. The number of likely N-dealkylation sites (tertiary alicyclic amines) is 1. The molecule has 0 bridgehead atoms. The third-order valence-electron chi connectivity index (χ3n) is 4.70. The van der Waals surface area contributed by atoms with Gasteiger partial charge >= 0.3 is 6.03 Å². The second-order valence-electron chi connectivity index (χ2n) is 7.01. The molecule has 1 fully saturated rings. The van der Waals surface area contributed by atoms with E-state index in [1.54, 1.807) is 11.3 Å². The quantitative estimate of drug-likeness (QED) is 0.704. The number of hydrogen-bond donors (Lipinski definition) is 1. The first kappa shape index (κ1) is 17.7. The van der Waals surface area contributed by atoms with E-state index in [0.717, 1.165) is 41.1 Å². The topological polar surface area (TPSA) is 71.3 Å². The molecule has 3 aromatic rings. The number of aromatic nitrogens is 2. The number of benzene rings is 1. The molecule has 6 nitrogen and oxygen atoms in total. The van der Waals surface area contributed by atoms with Gasteiger partial charge in [-0.15, -0.1) is 21.5 Å². The number of carbonyl (C=O) groups excluding carboxylic acids is 1. The molecular weight excluding hydrogens is 360 g/mol. The van der Waals surface area contributed by atoms with Crippen LogP contribution in [0.5, 0.6) is 0 Å². The first-order valence-corrected chi connectivity index (χ1v) is 9.98. The Labute approximate surface area is 162 Å². The van der Waals surface area contributed by atoms with Gasteiger partial charge in [0.15, 0.2) is 0 Å². The van der Waals surface area contributed by atoms with E-state index in [9.17, 15) is 4.79 Å².